The lowest BCUT2D eigenvalue weighted by Gasteiger charge is -2.09. The van der Waals surface area contributed by atoms with E-state index in [1.54, 1.807) is 28.4 Å². The maximum Gasteiger partial charge on any atom is 0.157 e. The lowest BCUT2D eigenvalue weighted by molar-refractivity contribution is 0.682. The van der Waals surface area contributed by atoms with Crippen LogP contribution in [0, 0.1) is 0 Å². The molecule has 4 heterocycles. The Morgan fingerprint density at radius 3 is 2.88 bits per heavy atom. The first-order valence-corrected chi connectivity index (χ1v) is 8.50. The van der Waals surface area contributed by atoms with Crippen LogP contribution in [0.5, 0.6) is 0 Å². The number of aromatic amines is 1. The predicted molar refractivity (Wildman–Crippen MR) is 93.8 cm³/mol. The first-order chi connectivity index (χ1) is 11.9. The van der Waals surface area contributed by atoms with Crippen LogP contribution in [0.15, 0.2) is 60.5 Å². The molecule has 0 fully saturated rings. The topological polar surface area (TPSA) is 71.4 Å². The molecule has 4 aromatic heterocycles. The maximum absolute atomic E-state index is 4.44. The van der Waals surface area contributed by atoms with E-state index in [9.17, 15) is 0 Å². The first-order valence-electron chi connectivity index (χ1n) is 7.62. The normalized spacial score (nSPS) is 11.0. The zero-order valence-corrected chi connectivity index (χ0v) is 13.7. The van der Waals surface area contributed by atoms with Crippen LogP contribution >= 0.6 is 11.3 Å². The number of thiophene rings is 1. The Labute approximate surface area is 143 Å². The summed E-state index contributed by atoms with van der Waals surface area (Å²) >= 11 is 1.70. The van der Waals surface area contributed by atoms with Gasteiger partial charge in [0.25, 0.3) is 0 Å². The molecule has 0 atom stereocenters. The first kappa shape index (κ1) is 14.8. The number of aromatic nitrogens is 5. The fourth-order valence-corrected chi connectivity index (χ4v) is 3.34. The average Bonchev–Trinajstić information content (AvgIpc) is 3.37. The Kier molecular flexibility index (Phi) is 4.18. The summed E-state index contributed by atoms with van der Waals surface area (Å²) in [5, 5.41) is 17.1. The highest BCUT2D eigenvalue weighted by molar-refractivity contribution is 7.13. The second kappa shape index (κ2) is 6.77. The van der Waals surface area contributed by atoms with Crippen molar-refractivity contribution in [2.45, 2.75) is 13.1 Å². The summed E-state index contributed by atoms with van der Waals surface area (Å²) in [7, 11) is 0. The Morgan fingerprint density at radius 2 is 2.04 bits per heavy atom. The van der Waals surface area contributed by atoms with Crippen molar-refractivity contribution in [2.24, 2.45) is 0 Å². The number of nitrogens with one attached hydrogen (secondary N) is 2. The zero-order valence-electron chi connectivity index (χ0n) is 12.9. The molecule has 0 saturated carbocycles. The molecular weight excluding hydrogens is 320 g/mol. The molecule has 6 nitrogen and oxygen atoms in total. The van der Waals surface area contributed by atoms with Gasteiger partial charge in [-0.15, -0.1) is 11.3 Å². The quantitative estimate of drug-likeness (QED) is 0.568. The van der Waals surface area contributed by atoms with Crippen molar-refractivity contribution < 1.29 is 0 Å². The van der Waals surface area contributed by atoms with Crippen LogP contribution in [-0.4, -0.2) is 25.0 Å². The van der Waals surface area contributed by atoms with E-state index in [4.69, 9.17) is 0 Å². The number of hydrogen-bond acceptors (Lipinski definition) is 5. The number of hydrogen-bond donors (Lipinski definition) is 2. The summed E-state index contributed by atoms with van der Waals surface area (Å²) in [6.07, 6.45) is 7.31. The summed E-state index contributed by atoms with van der Waals surface area (Å²) in [6.45, 7) is 1.44. The molecule has 0 aliphatic rings. The molecule has 4 aromatic rings. The SMILES string of the molecule is c1csc(-c2[nH]ncc2CNCc2cccnc2-n2cccn2)c1. The molecule has 0 radical (unpaired) electrons. The number of nitrogens with zero attached hydrogens (tertiary/aromatic N) is 4. The highest BCUT2D eigenvalue weighted by atomic mass is 32.1. The van der Waals surface area contributed by atoms with E-state index in [0.717, 1.165) is 29.2 Å². The van der Waals surface area contributed by atoms with Gasteiger partial charge in [-0.3, -0.25) is 5.10 Å². The van der Waals surface area contributed by atoms with Gasteiger partial charge >= 0.3 is 0 Å². The summed E-state index contributed by atoms with van der Waals surface area (Å²) in [5.74, 6) is 0.848. The molecule has 0 spiro atoms. The molecule has 0 aliphatic heterocycles. The lowest BCUT2D eigenvalue weighted by atomic mass is 10.2. The third-order valence-corrected chi connectivity index (χ3v) is 4.59. The molecule has 7 heteroatoms. The molecule has 0 saturated heterocycles. The van der Waals surface area contributed by atoms with E-state index >= 15 is 0 Å². The molecule has 120 valence electrons. The van der Waals surface area contributed by atoms with Gasteiger partial charge in [0.2, 0.25) is 0 Å². The van der Waals surface area contributed by atoms with Gasteiger partial charge in [0, 0.05) is 42.8 Å². The third-order valence-electron chi connectivity index (χ3n) is 3.71. The number of pyridine rings is 1. The predicted octanol–water partition coefficient (Wildman–Crippen LogP) is 3.01. The van der Waals surface area contributed by atoms with Crippen LogP contribution in [0.1, 0.15) is 11.1 Å². The Balaban J connectivity index is 1.47. The molecule has 0 amide bonds. The summed E-state index contributed by atoms with van der Waals surface area (Å²) in [4.78, 5) is 5.64. The van der Waals surface area contributed by atoms with Gasteiger partial charge in [0.15, 0.2) is 5.82 Å². The highest BCUT2D eigenvalue weighted by Crippen LogP contribution is 2.25. The average molecular weight is 336 g/mol. The van der Waals surface area contributed by atoms with Crippen LogP contribution < -0.4 is 5.32 Å². The van der Waals surface area contributed by atoms with Crippen molar-refractivity contribution in [2.75, 3.05) is 0 Å². The smallest absolute Gasteiger partial charge is 0.157 e. The van der Waals surface area contributed by atoms with Crippen molar-refractivity contribution in [3.05, 3.63) is 71.6 Å². The number of H-pyrrole nitrogens is 1. The Hall–Kier alpha value is -2.77. The van der Waals surface area contributed by atoms with Crippen LogP contribution in [0.25, 0.3) is 16.4 Å². The molecule has 0 bridgehead atoms. The monoisotopic (exact) mass is 336 g/mol. The van der Waals surface area contributed by atoms with Crippen LogP contribution in [-0.2, 0) is 13.1 Å². The molecule has 0 aromatic carbocycles. The van der Waals surface area contributed by atoms with E-state index in [0.29, 0.717) is 6.54 Å². The van der Waals surface area contributed by atoms with Crippen molar-refractivity contribution in [3.63, 3.8) is 0 Å². The standard InChI is InChI=1S/C17H16N6S/c1-4-13(17(19-6-1)23-8-3-7-21-23)10-18-11-14-12-20-22-16(14)15-5-2-9-24-15/h1-9,12,18H,10-11H2,(H,20,22). The fraction of sp³-hybridized carbons (Fsp3) is 0.118. The van der Waals surface area contributed by atoms with Crippen molar-refractivity contribution in [1.82, 2.24) is 30.3 Å². The van der Waals surface area contributed by atoms with Crippen LogP contribution in [0.2, 0.25) is 0 Å². The highest BCUT2D eigenvalue weighted by Gasteiger charge is 2.09. The third kappa shape index (κ3) is 2.99. The van der Waals surface area contributed by atoms with E-state index < -0.39 is 0 Å². The molecular formula is C17H16N6S. The van der Waals surface area contributed by atoms with E-state index in [2.05, 4.69) is 43.1 Å². The molecule has 2 N–H and O–H groups in total. The van der Waals surface area contributed by atoms with Gasteiger partial charge in [-0.05, 0) is 23.6 Å². The van der Waals surface area contributed by atoms with Gasteiger partial charge < -0.3 is 5.32 Å². The summed E-state index contributed by atoms with van der Waals surface area (Å²) in [6, 6.07) is 10.0. The van der Waals surface area contributed by atoms with E-state index in [1.807, 2.05) is 30.6 Å². The lowest BCUT2D eigenvalue weighted by Crippen LogP contribution is -2.15. The van der Waals surface area contributed by atoms with E-state index in [-0.39, 0.29) is 0 Å². The minimum atomic E-state index is 0.706. The van der Waals surface area contributed by atoms with Crippen molar-refractivity contribution in [1.29, 1.82) is 0 Å². The van der Waals surface area contributed by atoms with Crippen molar-refractivity contribution in [3.8, 4) is 16.4 Å². The Morgan fingerprint density at radius 1 is 1.08 bits per heavy atom. The van der Waals surface area contributed by atoms with E-state index in [1.165, 1.54) is 4.88 Å². The minimum Gasteiger partial charge on any atom is -0.308 e. The van der Waals surface area contributed by atoms with Gasteiger partial charge in [-0.1, -0.05) is 12.1 Å². The molecule has 4 rings (SSSR count). The van der Waals surface area contributed by atoms with Gasteiger partial charge in [-0.2, -0.15) is 10.2 Å². The zero-order chi connectivity index (χ0) is 16.2. The molecule has 24 heavy (non-hydrogen) atoms. The van der Waals surface area contributed by atoms with Gasteiger partial charge in [0.1, 0.15) is 0 Å². The second-order valence-corrected chi connectivity index (χ2v) is 6.24. The maximum atomic E-state index is 4.44. The van der Waals surface area contributed by atoms with Crippen LogP contribution in [0.4, 0.5) is 0 Å². The summed E-state index contributed by atoms with van der Waals surface area (Å²) < 4.78 is 1.78. The largest absolute Gasteiger partial charge is 0.308 e. The number of rotatable bonds is 6. The van der Waals surface area contributed by atoms with Gasteiger partial charge in [0.05, 0.1) is 16.8 Å². The molecule has 0 aliphatic carbocycles. The fourth-order valence-electron chi connectivity index (χ4n) is 2.58. The van der Waals surface area contributed by atoms with Crippen LogP contribution in [0.3, 0.4) is 0 Å². The molecule has 0 unspecified atom stereocenters. The Bertz CT molecular complexity index is 895. The van der Waals surface area contributed by atoms with Crippen molar-refractivity contribution >= 4 is 11.3 Å². The van der Waals surface area contributed by atoms with Gasteiger partial charge in [-0.25, -0.2) is 9.67 Å². The minimum absolute atomic E-state index is 0.706. The summed E-state index contributed by atoms with van der Waals surface area (Å²) in [5.41, 5.74) is 3.33. The second-order valence-electron chi connectivity index (χ2n) is 5.29.